The number of nitrogens with zero attached hydrogens (tertiary/aromatic N) is 1. The van der Waals surface area contributed by atoms with Crippen molar-refractivity contribution in [3.8, 4) is 0 Å². The standard InChI is InChI=1S/C12H21NO2/c1-9-3-5-10(6-4-9)12(14)13(2)11-7-15-8-11/h9-11H,3-8H2,1-2H3. The molecule has 1 heterocycles. The van der Waals surface area contributed by atoms with Crippen LogP contribution < -0.4 is 0 Å². The molecular formula is C12H21NO2. The van der Waals surface area contributed by atoms with Crippen molar-refractivity contribution in [2.45, 2.75) is 38.6 Å². The third kappa shape index (κ3) is 2.33. The van der Waals surface area contributed by atoms with Gasteiger partial charge in [-0.15, -0.1) is 0 Å². The Morgan fingerprint density at radius 1 is 1.20 bits per heavy atom. The quantitative estimate of drug-likeness (QED) is 0.695. The minimum atomic E-state index is 0.284. The van der Waals surface area contributed by atoms with Crippen LogP contribution in [0, 0.1) is 11.8 Å². The first-order valence-corrected chi connectivity index (χ1v) is 6.03. The SMILES string of the molecule is CC1CCC(C(=O)N(C)C2COC2)CC1. The Hall–Kier alpha value is -0.570. The summed E-state index contributed by atoms with van der Waals surface area (Å²) in [6, 6.07) is 0.344. The lowest BCUT2D eigenvalue weighted by Crippen LogP contribution is -2.51. The lowest BCUT2D eigenvalue weighted by atomic mass is 9.82. The van der Waals surface area contributed by atoms with E-state index >= 15 is 0 Å². The minimum absolute atomic E-state index is 0.284. The molecule has 1 amide bonds. The first-order chi connectivity index (χ1) is 7.18. The lowest BCUT2D eigenvalue weighted by molar-refractivity contribution is -0.147. The number of carbonyl (C=O) groups is 1. The molecule has 0 spiro atoms. The predicted octanol–water partition coefficient (Wildman–Crippen LogP) is 1.67. The highest BCUT2D eigenvalue weighted by Crippen LogP contribution is 2.30. The summed E-state index contributed by atoms with van der Waals surface area (Å²) in [4.78, 5) is 14.0. The minimum Gasteiger partial charge on any atom is -0.377 e. The predicted molar refractivity (Wildman–Crippen MR) is 58.5 cm³/mol. The summed E-state index contributed by atoms with van der Waals surface area (Å²) in [5, 5.41) is 0. The first kappa shape index (κ1) is 10.9. The van der Waals surface area contributed by atoms with Crippen LogP contribution in [0.2, 0.25) is 0 Å². The fourth-order valence-corrected chi connectivity index (χ4v) is 2.42. The average Bonchev–Trinajstić information content (AvgIpc) is 2.15. The van der Waals surface area contributed by atoms with E-state index in [2.05, 4.69) is 6.92 Å². The van der Waals surface area contributed by atoms with Gasteiger partial charge >= 0.3 is 0 Å². The van der Waals surface area contributed by atoms with E-state index in [4.69, 9.17) is 4.74 Å². The molecule has 2 fully saturated rings. The smallest absolute Gasteiger partial charge is 0.225 e. The molecule has 86 valence electrons. The van der Waals surface area contributed by atoms with Gasteiger partial charge in [-0.25, -0.2) is 0 Å². The highest BCUT2D eigenvalue weighted by molar-refractivity contribution is 5.79. The highest BCUT2D eigenvalue weighted by Gasteiger charge is 2.32. The molecule has 0 atom stereocenters. The van der Waals surface area contributed by atoms with Crippen molar-refractivity contribution in [1.29, 1.82) is 0 Å². The zero-order chi connectivity index (χ0) is 10.8. The van der Waals surface area contributed by atoms with Gasteiger partial charge in [0, 0.05) is 13.0 Å². The van der Waals surface area contributed by atoms with Crippen molar-refractivity contribution in [2.75, 3.05) is 20.3 Å². The van der Waals surface area contributed by atoms with Crippen molar-refractivity contribution in [3.05, 3.63) is 0 Å². The van der Waals surface area contributed by atoms with Crippen molar-refractivity contribution in [3.63, 3.8) is 0 Å². The number of hydrogen-bond donors (Lipinski definition) is 0. The molecule has 0 bridgehead atoms. The molecule has 0 radical (unpaired) electrons. The number of rotatable bonds is 2. The van der Waals surface area contributed by atoms with Gasteiger partial charge in [-0.2, -0.15) is 0 Å². The van der Waals surface area contributed by atoms with E-state index in [9.17, 15) is 4.79 Å². The Morgan fingerprint density at radius 3 is 2.27 bits per heavy atom. The second kappa shape index (κ2) is 4.52. The zero-order valence-corrected chi connectivity index (χ0v) is 9.74. The molecule has 3 nitrogen and oxygen atoms in total. The molecule has 2 aliphatic rings. The van der Waals surface area contributed by atoms with Crippen molar-refractivity contribution in [1.82, 2.24) is 4.90 Å². The van der Waals surface area contributed by atoms with Crippen LogP contribution in [-0.4, -0.2) is 37.1 Å². The van der Waals surface area contributed by atoms with Crippen LogP contribution >= 0.6 is 0 Å². The third-order valence-corrected chi connectivity index (χ3v) is 3.88. The van der Waals surface area contributed by atoms with Gasteiger partial charge in [-0.1, -0.05) is 6.92 Å². The maximum Gasteiger partial charge on any atom is 0.225 e. The van der Waals surface area contributed by atoms with Gasteiger partial charge in [0.1, 0.15) is 0 Å². The second-order valence-electron chi connectivity index (χ2n) is 5.10. The third-order valence-electron chi connectivity index (χ3n) is 3.88. The zero-order valence-electron chi connectivity index (χ0n) is 9.74. The van der Waals surface area contributed by atoms with E-state index in [-0.39, 0.29) is 5.92 Å². The van der Waals surface area contributed by atoms with E-state index in [0.29, 0.717) is 11.9 Å². The summed E-state index contributed by atoms with van der Waals surface area (Å²) >= 11 is 0. The van der Waals surface area contributed by atoms with Crippen molar-refractivity contribution < 1.29 is 9.53 Å². The molecule has 1 aliphatic carbocycles. The summed E-state index contributed by atoms with van der Waals surface area (Å²) in [5.41, 5.74) is 0. The molecule has 0 aromatic carbocycles. The van der Waals surface area contributed by atoms with Gasteiger partial charge in [-0.05, 0) is 31.6 Å². The molecule has 0 aromatic heterocycles. The van der Waals surface area contributed by atoms with E-state index in [0.717, 1.165) is 32.0 Å². The Kier molecular flexibility index (Phi) is 3.29. The van der Waals surface area contributed by atoms with E-state index in [1.54, 1.807) is 0 Å². The van der Waals surface area contributed by atoms with Crippen molar-refractivity contribution in [2.24, 2.45) is 11.8 Å². The maximum atomic E-state index is 12.1. The molecule has 3 heteroatoms. The summed E-state index contributed by atoms with van der Waals surface area (Å²) in [7, 11) is 1.92. The molecule has 0 aromatic rings. The van der Waals surface area contributed by atoms with E-state index in [1.165, 1.54) is 12.8 Å². The average molecular weight is 211 g/mol. The van der Waals surface area contributed by atoms with Gasteiger partial charge in [0.05, 0.1) is 19.3 Å². The summed E-state index contributed by atoms with van der Waals surface area (Å²) in [6.07, 6.45) is 4.59. The topological polar surface area (TPSA) is 29.5 Å². The monoisotopic (exact) mass is 211 g/mol. The molecule has 0 N–H and O–H groups in total. The summed E-state index contributed by atoms with van der Waals surface area (Å²) in [5.74, 6) is 1.44. The van der Waals surface area contributed by atoms with Crippen LogP contribution in [0.5, 0.6) is 0 Å². The Morgan fingerprint density at radius 2 is 1.80 bits per heavy atom. The van der Waals surface area contributed by atoms with Gasteiger partial charge in [0.15, 0.2) is 0 Å². The van der Waals surface area contributed by atoms with Crippen LogP contribution in [0.4, 0.5) is 0 Å². The van der Waals surface area contributed by atoms with Crippen LogP contribution in [0.25, 0.3) is 0 Å². The summed E-state index contributed by atoms with van der Waals surface area (Å²) < 4.78 is 5.12. The maximum absolute atomic E-state index is 12.1. The van der Waals surface area contributed by atoms with Gasteiger partial charge < -0.3 is 9.64 Å². The molecule has 15 heavy (non-hydrogen) atoms. The fourth-order valence-electron chi connectivity index (χ4n) is 2.42. The van der Waals surface area contributed by atoms with Crippen LogP contribution in [0.15, 0.2) is 0 Å². The number of amides is 1. The van der Waals surface area contributed by atoms with Gasteiger partial charge in [0.2, 0.25) is 5.91 Å². The molecule has 1 aliphatic heterocycles. The molecular weight excluding hydrogens is 190 g/mol. The Labute approximate surface area is 91.8 Å². The van der Waals surface area contributed by atoms with E-state index < -0.39 is 0 Å². The van der Waals surface area contributed by atoms with Crippen LogP contribution in [-0.2, 0) is 9.53 Å². The summed E-state index contributed by atoms with van der Waals surface area (Å²) in [6.45, 7) is 3.74. The highest BCUT2D eigenvalue weighted by atomic mass is 16.5. The van der Waals surface area contributed by atoms with Crippen LogP contribution in [0.3, 0.4) is 0 Å². The van der Waals surface area contributed by atoms with Gasteiger partial charge in [-0.3, -0.25) is 4.79 Å². The fraction of sp³-hybridized carbons (Fsp3) is 0.917. The lowest BCUT2D eigenvalue weighted by Gasteiger charge is -2.37. The Balaban J connectivity index is 1.84. The Bertz CT molecular complexity index is 230. The van der Waals surface area contributed by atoms with Crippen LogP contribution in [0.1, 0.15) is 32.6 Å². The van der Waals surface area contributed by atoms with E-state index in [1.807, 2.05) is 11.9 Å². The van der Waals surface area contributed by atoms with Gasteiger partial charge in [0.25, 0.3) is 0 Å². The molecule has 0 unspecified atom stereocenters. The second-order valence-corrected chi connectivity index (χ2v) is 5.10. The number of likely N-dealkylation sites (N-methyl/N-ethyl adjacent to an activating group) is 1. The molecule has 1 saturated heterocycles. The largest absolute Gasteiger partial charge is 0.377 e. The number of carbonyl (C=O) groups excluding carboxylic acids is 1. The number of ether oxygens (including phenoxy) is 1. The number of hydrogen-bond acceptors (Lipinski definition) is 2. The molecule has 2 rings (SSSR count). The molecule has 1 saturated carbocycles. The first-order valence-electron chi connectivity index (χ1n) is 6.03. The van der Waals surface area contributed by atoms with Crippen molar-refractivity contribution >= 4 is 5.91 Å². The normalized spacial score (nSPS) is 32.1.